The topological polar surface area (TPSA) is 32.3 Å². The monoisotopic (exact) mass is 319 g/mol. The number of rotatable bonds is 6. The van der Waals surface area contributed by atoms with E-state index in [4.69, 9.17) is 0 Å². The minimum atomic E-state index is 0.0782. The van der Waals surface area contributed by atoms with Gasteiger partial charge in [0, 0.05) is 17.1 Å². The molecule has 0 aliphatic carbocycles. The van der Waals surface area contributed by atoms with Crippen molar-refractivity contribution in [1.82, 2.24) is 5.32 Å². The highest BCUT2D eigenvalue weighted by molar-refractivity contribution is 9.10. The van der Waals surface area contributed by atoms with Gasteiger partial charge in [-0.25, -0.2) is 0 Å². The molecule has 2 N–H and O–H groups in total. The van der Waals surface area contributed by atoms with E-state index in [1.54, 1.807) is 0 Å². The van der Waals surface area contributed by atoms with Gasteiger partial charge in [-0.3, -0.25) is 0 Å². The van der Waals surface area contributed by atoms with E-state index in [-0.39, 0.29) is 12.6 Å². The number of aliphatic hydroxyl groups excluding tert-OH is 1. The summed E-state index contributed by atoms with van der Waals surface area (Å²) in [5, 5.41) is 12.9. The number of nitrogens with one attached hydrogen (secondary N) is 1. The van der Waals surface area contributed by atoms with E-state index in [0.29, 0.717) is 0 Å². The van der Waals surface area contributed by atoms with Crippen molar-refractivity contribution in [1.29, 1.82) is 0 Å². The lowest BCUT2D eigenvalue weighted by Crippen LogP contribution is -2.34. The Bertz CT molecular complexity index is 501. The molecule has 2 aromatic rings. The first-order valence-corrected chi connectivity index (χ1v) is 7.20. The van der Waals surface area contributed by atoms with E-state index in [2.05, 4.69) is 39.4 Å². The van der Waals surface area contributed by atoms with Gasteiger partial charge in [-0.2, -0.15) is 0 Å². The molecule has 2 rings (SSSR count). The molecule has 0 saturated heterocycles. The van der Waals surface area contributed by atoms with Crippen LogP contribution < -0.4 is 5.32 Å². The van der Waals surface area contributed by atoms with Crippen LogP contribution in [0.2, 0.25) is 0 Å². The van der Waals surface area contributed by atoms with E-state index < -0.39 is 0 Å². The maximum Gasteiger partial charge on any atom is 0.0587 e. The summed E-state index contributed by atoms with van der Waals surface area (Å²) in [5.41, 5.74) is 2.44. The highest BCUT2D eigenvalue weighted by atomic mass is 79.9. The van der Waals surface area contributed by atoms with Crippen molar-refractivity contribution in [3.63, 3.8) is 0 Å². The van der Waals surface area contributed by atoms with E-state index in [1.165, 1.54) is 11.1 Å². The van der Waals surface area contributed by atoms with Gasteiger partial charge in [0.2, 0.25) is 0 Å². The molecule has 0 saturated carbocycles. The summed E-state index contributed by atoms with van der Waals surface area (Å²) in [6.07, 6.45) is 0.835. The van der Waals surface area contributed by atoms with Crippen molar-refractivity contribution in [2.45, 2.75) is 19.0 Å². The summed E-state index contributed by atoms with van der Waals surface area (Å²) in [6, 6.07) is 18.4. The summed E-state index contributed by atoms with van der Waals surface area (Å²) in [4.78, 5) is 0. The fourth-order valence-electron chi connectivity index (χ4n) is 2.00. The molecular formula is C16H18BrNO. The van der Waals surface area contributed by atoms with E-state index in [0.717, 1.165) is 17.4 Å². The van der Waals surface area contributed by atoms with Crippen molar-refractivity contribution in [3.8, 4) is 0 Å². The molecule has 0 radical (unpaired) electrons. The summed E-state index contributed by atoms with van der Waals surface area (Å²) < 4.78 is 1.10. The third-order valence-corrected chi connectivity index (χ3v) is 3.86. The quantitative estimate of drug-likeness (QED) is 0.857. The minimum absolute atomic E-state index is 0.0782. The molecule has 0 bridgehead atoms. The van der Waals surface area contributed by atoms with Gasteiger partial charge in [-0.1, -0.05) is 64.5 Å². The number of halogens is 1. The van der Waals surface area contributed by atoms with Crippen LogP contribution in [0.15, 0.2) is 59.1 Å². The van der Waals surface area contributed by atoms with Gasteiger partial charge in [0.25, 0.3) is 0 Å². The number of aliphatic hydroxyl groups is 1. The van der Waals surface area contributed by atoms with Crippen molar-refractivity contribution in [3.05, 3.63) is 70.2 Å². The van der Waals surface area contributed by atoms with Gasteiger partial charge < -0.3 is 10.4 Å². The molecule has 2 aromatic carbocycles. The van der Waals surface area contributed by atoms with Crippen LogP contribution in [-0.2, 0) is 13.0 Å². The van der Waals surface area contributed by atoms with Crippen molar-refractivity contribution < 1.29 is 5.11 Å². The fraction of sp³-hybridized carbons (Fsp3) is 0.250. The van der Waals surface area contributed by atoms with E-state index >= 15 is 0 Å². The Labute approximate surface area is 122 Å². The molecule has 0 heterocycles. The summed E-state index contributed by atoms with van der Waals surface area (Å²) in [5.74, 6) is 0. The second-order valence-corrected chi connectivity index (χ2v) is 5.40. The van der Waals surface area contributed by atoms with Crippen LogP contribution >= 0.6 is 15.9 Å². The third kappa shape index (κ3) is 4.46. The lowest BCUT2D eigenvalue weighted by Gasteiger charge is -2.17. The number of benzene rings is 2. The van der Waals surface area contributed by atoms with Crippen molar-refractivity contribution in [2.75, 3.05) is 6.61 Å². The zero-order valence-electron chi connectivity index (χ0n) is 10.7. The largest absolute Gasteiger partial charge is 0.395 e. The van der Waals surface area contributed by atoms with Crippen molar-refractivity contribution >= 4 is 15.9 Å². The average molecular weight is 320 g/mol. The van der Waals surface area contributed by atoms with E-state index in [1.807, 2.05) is 36.4 Å². The lowest BCUT2D eigenvalue weighted by molar-refractivity contribution is 0.240. The zero-order chi connectivity index (χ0) is 13.5. The summed E-state index contributed by atoms with van der Waals surface area (Å²) in [6.45, 7) is 0.888. The Morgan fingerprint density at radius 2 is 1.68 bits per heavy atom. The predicted molar refractivity (Wildman–Crippen MR) is 82.0 cm³/mol. The molecule has 1 atom stereocenters. The van der Waals surface area contributed by atoms with Gasteiger partial charge in [-0.05, 0) is 23.6 Å². The minimum Gasteiger partial charge on any atom is -0.395 e. The zero-order valence-corrected chi connectivity index (χ0v) is 12.3. The maximum atomic E-state index is 9.46. The Hall–Kier alpha value is -1.16. The molecule has 100 valence electrons. The Balaban J connectivity index is 1.91. The normalized spacial score (nSPS) is 12.3. The Morgan fingerprint density at radius 3 is 2.37 bits per heavy atom. The first kappa shape index (κ1) is 14.3. The number of hydrogen-bond donors (Lipinski definition) is 2. The maximum absolute atomic E-state index is 9.46. The SMILES string of the molecule is OCC(Cc1ccccc1)NCc1ccccc1Br. The highest BCUT2D eigenvalue weighted by Gasteiger charge is 2.08. The molecular weight excluding hydrogens is 302 g/mol. The molecule has 3 heteroatoms. The summed E-state index contributed by atoms with van der Waals surface area (Å²) >= 11 is 3.53. The van der Waals surface area contributed by atoms with Crippen LogP contribution in [0.4, 0.5) is 0 Å². The van der Waals surface area contributed by atoms with Gasteiger partial charge in [0.15, 0.2) is 0 Å². The molecule has 2 nitrogen and oxygen atoms in total. The predicted octanol–water partition coefficient (Wildman–Crippen LogP) is 3.14. The molecule has 19 heavy (non-hydrogen) atoms. The molecule has 1 unspecified atom stereocenters. The van der Waals surface area contributed by atoms with Gasteiger partial charge >= 0.3 is 0 Å². The Kier molecular flexibility index (Phi) is 5.58. The first-order valence-electron chi connectivity index (χ1n) is 6.41. The fourth-order valence-corrected chi connectivity index (χ4v) is 2.42. The van der Waals surface area contributed by atoms with Gasteiger partial charge in [0.1, 0.15) is 0 Å². The van der Waals surface area contributed by atoms with Crippen LogP contribution in [0.3, 0.4) is 0 Å². The van der Waals surface area contributed by atoms with Crippen LogP contribution in [0, 0.1) is 0 Å². The van der Waals surface area contributed by atoms with Gasteiger partial charge in [0.05, 0.1) is 6.61 Å². The van der Waals surface area contributed by atoms with E-state index in [9.17, 15) is 5.11 Å². The van der Waals surface area contributed by atoms with Crippen LogP contribution in [0.25, 0.3) is 0 Å². The smallest absolute Gasteiger partial charge is 0.0587 e. The third-order valence-electron chi connectivity index (χ3n) is 3.08. The molecule has 0 aliphatic heterocycles. The van der Waals surface area contributed by atoms with Gasteiger partial charge in [-0.15, -0.1) is 0 Å². The summed E-state index contributed by atoms with van der Waals surface area (Å²) in [7, 11) is 0. The van der Waals surface area contributed by atoms with Crippen LogP contribution in [-0.4, -0.2) is 17.8 Å². The molecule has 0 aliphatic rings. The second kappa shape index (κ2) is 7.43. The number of hydrogen-bond acceptors (Lipinski definition) is 2. The molecule has 0 amide bonds. The molecule has 0 aromatic heterocycles. The second-order valence-electron chi connectivity index (χ2n) is 4.54. The van der Waals surface area contributed by atoms with Crippen LogP contribution in [0.5, 0.6) is 0 Å². The van der Waals surface area contributed by atoms with Crippen molar-refractivity contribution in [2.24, 2.45) is 0 Å². The lowest BCUT2D eigenvalue weighted by atomic mass is 10.1. The average Bonchev–Trinajstić information content (AvgIpc) is 2.46. The first-order chi connectivity index (χ1) is 9.29. The standard InChI is InChI=1S/C16H18BrNO/c17-16-9-5-4-8-14(16)11-18-15(12-19)10-13-6-2-1-3-7-13/h1-9,15,18-19H,10-12H2. The highest BCUT2D eigenvalue weighted by Crippen LogP contribution is 2.15. The van der Waals surface area contributed by atoms with Crippen LogP contribution in [0.1, 0.15) is 11.1 Å². The molecule has 0 spiro atoms. The Morgan fingerprint density at radius 1 is 1.00 bits per heavy atom. The molecule has 0 fully saturated rings.